The number of nitrogens with zero attached hydrogens (tertiary/aromatic N) is 2. The maximum atomic E-state index is 5.23. The Balaban J connectivity index is -0.000000767. The fraction of sp³-hybridized carbons (Fsp3) is 0.947. The second-order valence-corrected chi connectivity index (χ2v) is 17.0. The molecule has 0 radical (unpaired) electrons. The van der Waals surface area contributed by atoms with Crippen molar-refractivity contribution in [2.24, 2.45) is 23.7 Å². The number of hydrogen-bond acceptors (Lipinski definition) is 4. The van der Waals surface area contributed by atoms with Crippen LogP contribution in [-0.2, 0) is 41.7 Å². The van der Waals surface area contributed by atoms with E-state index in [-0.39, 0.29) is 16.5 Å². The summed E-state index contributed by atoms with van der Waals surface area (Å²) in [6, 6.07) is 0. The maximum absolute atomic E-state index is 5.23. The number of hydrogen-bond donors (Lipinski definition) is 0. The van der Waals surface area contributed by atoms with Crippen LogP contribution in [0.1, 0.15) is 184 Å². The number of thiocarbonyl (C=S) groups is 2. The van der Waals surface area contributed by atoms with Gasteiger partial charge in [0.15, 0.2) is 0 Å². The van der Waals surface area contributed by atoms with Gasteiger partial charge in [-0.3, -0.25) is 0 Å². The molecule has 0 aliphatic heterocycles. The SMILES string of the molecule is CC(C)CCCCCCN(CCCCCCC(C)C)C(=S)[S-].CC(C)CCCCCCN(CCCCCCC(C)C)C(=S)[S-].[Ni+2]. The van der Waals surface area contributed by atoms with Gasteiger partial charge >= 0.3 is 16.5 Å². The van der Waals surface area contributed by atoms with E-state index in [2.05, 4.69) is 65.2 Å². The van der Waals surface area contributed by atoms with Gasteiger partial charge in [0, 0.05) is 26.2 Å². The first kappa shape index (κ1) is 50.1. The van der Waals surface area contributed by atoms with Crippen LogP contribution in [0.3, 0.4) is 0 Å². The predicted molar refractivity (Wildman–Crippen MR) is 215 cm³/mol. The van der Waals surface area contributed by atoms with Gasteiger partial charge in [-0.15, -0.1) is 0 Å². The third-order valence-corrected chi connectivity index (χ3v) is 9.39. The fourth-order valence-electron chi connectivity index (χ4n) is 5.42. The van der Waals surface area contributed by atoms with Crippen molar-refractivity contribution in [1.29, 1.82) is 0 Å². The molecule has 7 heteroatoms. The monoisotopic (exact) mass is 746 g/mol. The summed E-state index contributed by atoms with van der Waals surface area (Å²) in [6.07, 6.45) is 26.5. The van der Waals surface area contributed by atoms with Gasteiger partial charge in [0.25, 0.3) is 0 Å². The van der Waals surface area contributed by atoms with Crippen molar-refractivity contribution in [1.82, 2.24) is 9.80 Å². The Morgan fingerprint density at radius 3 is 0.711 bits per heavy atom. The van der Waals surface area contributed by atoms with E-state index in [1.807, 2.05) is 0 Å². The molecule has 0 N–H and O–H groups in total. The zero-order valence-corrected chi connectivity index (χ0v) is 35.4. The van der Waals surface area contributed by atoms with Gasteiger partial charge in [-0.25, -0.2) is 0 Å². The summed E-state index contributed by atoms with van der Waals surface area (Å²) in [7, 11) is 0. The first-order chi connectivity index (χ1) is 20.9. The van der Waals surface area contributed by atoms with E-state index in [0.29, 0.717) is 8.64 Å². The van der Waals surface area contributed by atoms with Crippen molar-refractivity contribution in [3.8, 4) is 0 Å². The second-order valence-electron chi connectivity index (χ2n) is 14.9. The zero-order valence-electron chi connectivity index (χ0n) is 31.1. The third kappa shape index (κ3) is 40.8. The average molecular weight is 748 g/mol. The van der Waals surface area contributed by atoms with Gasteiger partial charge in [0.1, 0.15) is 0 Å². The Morgan fingerprint density at radius 1 is 0.378 bits per heavy atom. The Kier molecular flexibility index (Phi) is 40.1. The smallest absolute Gasteiger partial charge is 0.411 e. The van der Waals surface area contributed by atoms with Crippen molar-refractivity contribution >= 4 is 58.3 Å². The minimum absolute atomic E-state index is 0. The average Bonchev–Trinajstić information content (AvgIpc) is 2.93. The van der Waals surface area contributed by atoms with Crippen molar-refractivity contribution < 1.29 is 16.5 Å². The van der Waals surface area contributed by atoms with E-state index in [0.717, 1.165) is 49.9 Å². The summed E-state index contributed by atoms with van der Waals surface area (Å²) in [6.45, 7) is 22.7. The van der Waals surface area contributed by atoms with E-state index in [1.54, 1.807) is 0 Å². The first-order valence-corrected chi connectivity index (χ1v) is 20.4. The standard InChI is InChI=1S/2C19H39NS2.Ni/c2*1-17(2)13-9-5-7-11-15-20(19(21)22)16-12-8-6-10-14-18(3)4;/h2*17-18H,5-16H2,1-4H3,(H,21,22);/q;;+2/p-2. The van der Waals surface area contributed by atoms with Crippen LogP contribution in [0.5, 0.6) is 0 Å². The molecular formula is C38H76N2NiS4. The van der Waals surface area contributed by atoms with Gasteiger partial charge < -0.3 is 59.5 Å². The molecule has 0 atom stereocenters. The largest absolute Gasteiger partial charge is 2.00 e. The summed E-state index contributed by atoms with van der Waals surface area (Å²) in [4.78, 5) is 4.49. The van der Waals surface area contributed by atoms with Crippen molar-refractivity contribution in [2.45, 2.75) is 184 Å². The molecule has 0 unspecified atom stereocenters. The van der Waals surface area contributed by atoms with Gasteiger partial charge in [-0.05, 0) is 49.4 Å². The van der Waals surface area contributed by atoms with Crippen LogP contribution in [-0.4, -0.2) is 44.6 Å². The van der Waals surface area contributed by atoms with E-state index in [1.165, 1.54) is 128 Å². The molecule has 0 heterocycles. The molecular weight excluding hydrogens is 671 g/mol. The number of rotatable bonds is 28. The zero-order chi connectivity index (χ0) is 33.6. The van der Waals surface area contributed by atoms with Crippen LogP contribution in [0.2, 0.25) is 0 Å². The number of unbranched alkanes of at least 4 members (excludes halogenated alkanes) is 12. The first-order valence-electron chi connectivity index (χ1n) is 18.8. The molecule has 0 aromatic rings. The minimum Gasteiger partial charge on any atom is -0.411 e. The van der Waals surface area contributed by atoms with Crippen LogP contribution in [0.25, 0.3) is 0 Å². The van der Waals surface area contributed by atoms with Gasteiger partial charge in [0.2, 0.25) is 0 Å². The molecule has 272 valence electrons. The normalized spacial score (nSPS) is 11.1. The molecule has 0 fully saturated rings. The minimum atomic E-state index is 0. The Labute approximate surface area is 316 Å². The molecule has 0 bridgehead atoms. The molecule has 0 saturated carbocycles. The Morgan fingerprint density at radius 2 is 0.556 bits per heavy atom. The van der Waals surface area contributed by atoms with E-state index in [9.17, 15) is 0 Å². The van der Waals surface area contributed by atoms with Crippen LogP contribution in [0.4, 0.5) is 0 Å². The molecule has 0 aliphatic carbocycles. The van der Waals surface area contributed by atoms with E-state index in [4.69, 9.17) is 49.7 Å². The third-order valence-electron chi connectivity index (χ3n) is 8.35. The van der Waals surface area contributed by atoms with E-state index >= 15 is 0 Å². The summed E-state index contributed by atoms with van der Waals surface area (Å²) < 4.78 is 1.34. The summed E-state index contributed by atoms with van der Waals surface area (Å²) in [5, 5.41) is 0. The van der Waals surface area contributed by atoms with Crippen LogP contribution < -0.4 is 0 Å². The molecule has 2 nitrogen and oxygen atoms in total. The molecule has 0 rings (SSSR count). The summed E-state index contributed by atoms with van der Waals surface area (Å²) in [5.41, 5.74) is 0. The van der Waals surface area contributed by atoms with Gasteiger partial charge in [-0.2, -0.15) is 0 Å². The summed E-state index contributed by atoms with van der Waals surface area (Å²) >= 11 is 20.9. The Hall–Kier alpha value is 0.714. The van der Waals surface area contributed by atoms with Crippen LogP contribution >= 0.6 is 24.4 Å². The molecule has 0 aliphatic rings. The second kappa shape index (κ2) is 36.0. The summed E-state index contributed by atoms with van der Waals surface area (Å²) in [5.74, 6) is 3.36. The van der Waals surface area contributed by atoms with E-state index < -0.39 is 0 Å². The molecule has 0 saturated heterocycles. The molecule has 0 aromatic heterocycles. The van der Waals surface area contributed by atoms with Crippen LogP contribution in [0, 0.1) is 23.7 Å². The molecule has 0 aromatic carbocycles. The van der Waals surface area contributed by atoms with Crippen LogP contribution in [0.15, 0.2) is 0 Å². The fourth-order valence-corrected chi connectivity index (χ4v) is 6.15. The molecule has 0 spiro atoms. The van der Waals surface area contributed by atoms with Gasteiger partial charge in [-0.1, -0.05) is 167 Å². The van der Waals surface area contributed by atoms with Crippen molar-refractivity contribution in [3.63, 3.8) is 0 Å². The maximum Gasteiger partial charge on any atom is 2.00 e. The molecule has 45 heavy (non-hydrogen) atoms. The Bertz CT molecular complexity index is 549. The molecule has 0 amide bonds. The predicted octanol–water partition coefficient (Wildman–Crippen LogP) is 12.7. The van der Waals surface area contributed by atoms with Gasteiger partial charge in [0.05, 0.1) is 0 Å². The van der Waals surface area contributed by atoms with Crippen molar-refractivity contribution in [2.75, 3.05) is 26.2 Å². The quantitative estimate of drug-likeness (QED) is 0.0338. The topological polar surface area (TPSA) is 6.48 Å². The van der Waals surface area contributed by atoms with Crippen molar-refractivity contribution in [3.05, 3.63) is 0 Å².